The van der Waals surface area contributed by atoms with E-state index in [4.69, 9.17) is 16.6 Å². The quantitative estimate of drug-likeness (QED) is 0.410. The maximum atomic E-state index is 13.1. The molecule has 0 fully saturated rings. The van der Waals surface area contributed by atoms with Crippen molar-refractivity contribution in [2.24, 2.45) is 0 Å². The van der Waals surface area contributed by atoms with Crippen LogP contribution in [0.5, 0.6) is 0 Å². The molecule has 5 heteroatoms. The van der Waals surface area contributed by atoms with Crippen molar-refractivity contribution in [3.05, 3.63) is 57.7 Å². The van der Waals surface area contributed by atoms with Crippen molar-refractivity contribution in [2.45, 2.75) is 6.92 Å². The molecule has 114 valence electrons. The van der Waals surface area contributed by atoms with Crippen LogP contribution < -0.4 is 10.7 Å². The summed E-state index contributed by atoms with van der Waals surface area (Å²) in [5, 5.41) is 6.11. The van der Waals surface area contributed by atoms with E-state index in [0.717, 1.165) is 32.7 Å². The predicted molar refractivity (Wildman–Crippen MR) is 100 cm³/mol. The van der Waals surface area contributed by atoms with Crippen LogP contribution in [-0.2, 0) is 0 Å². The fourth-order valence-corrected chi connectivity index (χ4v) is 4.13. The molecule has 0 aliphatic heterocycles. The van der Waals surface area contributed by atoms with Crippen LogP contribution in [-0.4, -0.2) is 11.5 Å². The Morgan fingerprint density at radius 2 is 2.00 bits per heavy atom. The van der Waals surface area contributed by atoms with Crippen LogP contribution in [0.25, 0.3) is 31.1 Å². The molecule has 4 rings (SSSR count). The zero-order valence-corrected chi connectivity index (χ0v) is 14.0. The van der Waals surface area contributed by atoms with Crippen LogP contribution in [0.4, 0.5) is 5.82 Å². The molecule has 0 bridgehead atoms. The summed E-state index contributed by atoms with van der Waals surface area (Å²) in [5.41, 5.74) is 0.829. The Kier molecular flexibility index (Phi) is 3.43. The largest absolute Gasteiger partial charge is 0.369 e. The Morgan fingerprint density at radius 3 is 2.83 bits per heavy atom. The second kappa shape index (κ2) is 5.48. The fourth-order valence-electron chi connectivity index (χ4n) is 2.82. The number of hydrogen-bond donors (Lipinski definition) is 1. The van der Waals surface area contributed by atoms with E-state index in [9.17, 15) is 4.79 Å². The molecule has 4 aromatic rings. The molecule has 3 nitrogen and oxygen atoms in total. The van der Waals surface area contributed by atoms with E-state index < -0.39 is 0 Å². The first kappa shape index (κ1) is 14.4. The van der Waals surface area contributed by atoms with E-state index in [-0.39, 0.29) is 5.43 Å². The van der Waals surface area contributed by atoms with E-state index in [1.165, 1.54) is 0 Å². The second-order valence-electron chi connectivity index (χ2n) is 5.28. The van der Waals surface area contributed by atoms with Crippen molar-refractivity contribution in [3.63, 3.8) is 0 Å². The molecular weight excluding hydrogens is 328 g/mol. The summed E-state index contributed by atoms with van der Waals surface area (Å²) < 4.78 is 1.81. The van der Waals surface area contributed by atoms with Crippen molar-refractivity contribution in [3.8, 4) is 0 Å². The van der Waals surface area contributed by atoms with Gasteiger partial charge in [0.2, 0.25) is 0 Å². The minimum atomic E-state index is 0.00834. The predicted octanol–water partition coefficient (Wildman–Crippen LogP) is 5.05. The first-order valence-corrected chi connectivity index (χ1v) is 8.57. The van der Waals surface area contributed by atoms with Crippen LogP contribution in [0.15, 0.2) is 47.3 Å². The SMILES string of the molecule is CCNc1nc2ccccc2c2c(=O)c3cc(Cl)ccc3sc12. The molecule has 0 unspecified atom stereocenters. The average Bonchev–Trinajstić information content (AvgIpc) is 2.56. The molecule has 0 atom stereocenters. The van der Waals surface area contributed by atoms with E-state index in [1.54, 1.807) is 17.4 Å². The smallest absolute Gasteiger partial charge is 0.196 e. The van der Waals surface area contributed by atoms with Crippen molar-refractivity contribution < 1.29 is 0 Å². The minimum absolute atomic E-state index is 0.00834. The van der Waals surface area contributed by atoms with Crippen molar-refractivity contribution >= 4 is 59.8 Å². The number of nitrogens with one attached hydrogen (secondary N) is 1. The Hall–Kier alpha value is -2.17. The molecule has 1 N–H and O–H groups in total. The maximum absolute atomic E-state index is 13.1. The highest BCUT2D eigenvalue weighted by Gasteiger charge is 2.14. The molecule has 0 amide bonds. The summed E-state index contributed by atoms with van der Waals surface area (Å²) in [6.07, 6.45) is 0. The van der Waals surface area contributed by atoms with E-state index in [0.29, 0.717) is 15.8 Å². The van der Waals surface area contributed by atoms with Gasteiger partial charge in [0.1, 0.15) is 5.82 Å². The molecule has 2 aromatic heterocycles. The summed E-state index contributed by atoms with van der Waals surface area (Å²) in [7, 11) is 0. The zero-order chi connectivity index (χ0) is 16.0. The number of hydrogen-bond acceptors (Lipinski definition) is 4. The molecule has 2 heterocycles. The van der Waals surface area contributed by atoms with Gasteiger partial charge in [0.25, 0.3) is 0 Å². The van der Waals surface area contributed by atoms with Gasteiger partial charge in [-0.2, -0.15) is 0 Å². The summed E-state index contributed by atoms with van der Waals surface area (Å²) >= 11 is 7.65. The number of fused-ring (bicyclic) bond motifs is 4. The van der Waals surface area contributed by atoms with Crippen LogP contribution in [0, 0.1) is 0 Å². The number of halogens is 1. The highest BCUT2D eigenvalue weighted by atomic mass is 35.5. The summed E-state index contributed by atoms with van der Waals surface area (Å²) in [4.78, 5) is 17.8. The molecule has 0 aliphatic carbocycles. The number of pyridine rings is 1. The lowest BCUT2D eigenvalue weighted by molar-refractivity contribution is 1.19. The van der Waals surface area contributed by atoms with E-state index in [2.05, 4.69) is 5.32 Å². The molecule has 0 radical (unpaired) electrons. The summed E-state index contributed by atoms with van der Waals surface area (Å²) in [6.45, 7) is 2.77. The van der Waals surface area contributed by atoms with Gasteiger partial charge in [-0.15, -0.1) is 11.3 Å². The average molecular weight is 341 g/mol. The summed E-state index contributed by atoms with van der Waals surface area (Å²) in [6, 6.07) is 13.2. The third-order valence-electron chi connectivity index (χ3n) is 3.82. The van der Waals surface area contributed by atoms with Gasteiger partial charge < -0.3 is 5.32 Å². The topological polar surface area (TPSA) is 42.0 Å². The van der Waals surface area contributed by atoms with Crippen molar-refractivity contribution in [1.29, 1.82) is 0 Å². The Balaban J connectivity index is 2.29. The van der Waals surface area contributed by atoms with Crippen LogP contribution in [0.1, 0.15) is 6.92 Å². The van der Waals surface area contributed by atoms with Gasteiger partial charge in [-0.25, -0.2) is 4.98 Å². The lowest BCUT2D eigenvalue weighted by Crippen LogP contribution is -2.06. The number of anilines is 1. The summed E-state index contributed by atoms with van der Waals surface area (Å²) in [5.74, 6) is 0.764. The van der Waals surface area contributed by atoms with Gasteiger partial charge in [0.15, 0.2) is 5.43 Å². The molecule has 0 saturated carbocycles. The van der Waals surface area contributed by atoms with Crippen LogP contribution in [0.2, 0.25) is 5.02 Å². The Labute approximate surface area is 141 Å². The van der Waals surface area contributed by atoms with Gasteiger partial charge in [-0.05, 0) is 31.2 Å². The normalized spacial score (nSPS) is 11.4. The molecule has 0 spiro atoms. The van der Waals surface area contributed by atoms with E-state index >= 15 is 0 Å². The Morgan fingerprint density at radius 1 is 1.17 bits per heavy atom. The number of nitrogens with zero attached hydrogens (tertiary/aromatic N) is 1. The van der Waals surface area contributed by atoms with Crippen LogP contribution in [0.3, 0.4) is 0 Å². The molecule has 2 aromatic carbocycles. The fraction of sp³-hybridized carbons (Fsp3) is 0.111. The van der Waals surface area contributed by atoms with Gasteiger partial charge >= 0.3 is 0 Å². The maximum Gasteiger partial charge on any atom is 0.196 e. The van der Waals surface area contributed by atoms with E-state index in [1.807, 2.05) is 43.3 Å². The number of aromatic nitrogens is 1. The third kappa shape index (κ3) is 2.26. The van der Waals surface area contributed by atoms with Gasteiger partial charge in [0, 0.05) is 27.0 Å². The molecule has 0 aliphatic rings. The number of benzene rings is 2. The lowest BCUT2D eigenvalue weighted by atomic mass is 10.1. The zero-order valence-electron chi connectivity index (χ0n) is 12.4. The molecule has 0 saturated heterocycles. The Bertz CT molecular complexity index is 1120. The highest BCUT2D eigenvalue weighted by molar-refractivity contribution is 7.25. The number of rotatable bonds is 2. The lowest BCUT2D eigenvalue weighted by Gasteiger charge is -2.10. The highest BCUT2D eigenvalue weighted by Crippen LogP contribution is 2.34. The van der Waals surface area contributed by atoms with Gasteiger partial charge in [-0.1, -0.05) is 29.8 Å². The van der Waals surface area contributed by atoms with Crippen molar-refractivity contribution in [1.82, 2.24) is 4.98 Å². The van der Waals surface area contributed by atoms with Gasteiger partial charge in [0.05, 0.1) is 15.6 Å². The van der Waals surface area contributed by atoms with Crippen molar-refractivity contribution in [2.75, 3.05) is 11.9 Å². The minimum Gasteiger partial charge on any atom is -0.369 e. The molecule has 23 heavy (non-hydrogen) atoms. The molecular formula is C18H13ClN2OS. The third-order valence-corrected chi connectivity index (χ3v) is 5.23. The first-order chi connectivity index (χ1) is 11.2. The first-order valence-electron chi connectivity index (χ1n) is 7.37. The second-order valence-corrected chi connectivity index (χ2v) is 6.77. The number of para-hydroxylation sites is 1. The standard InChI is InChI=1S/C18H13ClN2OS/c1-2-20-18-17-15(11-5-3-4-6-13(11)21-18)16(22)12-9-10(19)7-8-14(12)23-17/h3-9H,2H2,1H3,(H,20,21). The monoisotopic (exact) mass is 340 g/mol. The van der Waals surface area contributed by atoms with Gasteiger partial charge in [-0.3, -0.25) is 4.79 Å². The van der Waals surface area contributed by atoms with Crippen LogP contribution >= 0.6 is 22.9 Å².